The van der Waals surface area contributed by atoms with Crippen LogP contribution in [0, 0.1) is 0 Å². The lowest BCUT2D eigenvalue weighted by Crippen LogP contribution is -2.41. The summed E-state index contributed by atoms with van der Waals surface area (Å²) in [5.74, 6) is -0.248. The standard InChI is InChI=1S/C29H60O12Si/c1-7-40-28(30)8-9-31-10-11-32-12-13-33-14-15-34-16-17-35-18-19-36-20-21-37-22-23-38-24-25-39-26-27-41-42(5,6)29(2,3)4/h7-27H2,1-6H3. The summed E-state index contributed by atoms with van der Waals surface area (Å²) >= 11 is 0. The Labute approximate surface area is 255 Å². The lowest BCUT2D eigenvalue weighted by atomic mass is 10.2. The molecule has 0 spiro atoms. The first-order chi connectivity index (χ1) is 20.2. The number of rotatable bonds is 32. The van der Waals surface area contributed by atoms with Crippen LogP contribution in [0.5, 0.6) is 0 Å². The molecule has 0 atom stereocenters. The Balaban J connectivity index is 3.15. The zero-order chi connectivity index (χ0) is 31.2. The van der Waals surface area contributed by atoms with Gasteiger partial charge < -0.3 is 51.8 Å². The average Bonchev–Trinajstić information content (AvgIpc) is 2.93. The van der Waals surface area contributed by atoms with Crippen molar-refractivity contribution in [1.82, 2.24) is 0 Å². The zero-order valence-electron chi connectivity index (χ0n) is 27.2. The highest BCUT2D eigenvalue weighted by molar-refractivity contribution is 6.74. The third-order valence-electron chi connectivity index (χ3n) is 6.23. The molecule has 0 fully saturated rings. The molecule has 0 aliphatic heterocycles. The van der Waals surface area contributed by atoms with Crippen LogP contribution in [0.2, 0.25) is 18.1 Å². The van der Waals surface area contributed by atoms with E-state index in [1.54, 1.807) is 6.92 Å². The van der Waals surface area contributed by atoms with E-state index in [2.05, 4.69) is 33.9 Å². The number of hydrogen-bond donors (Lipinski definition) is 0. The van der Waals surface area contributed by atoms with Gasteiger partial charge in [-0.2, -0.15) is 0 Å². The molecule has 0 saturated carbocycles. The van der Waals surface area contributed by atoms with Gasteiger partial charge >= 0.3 is 5.97 Å². The molecular formula is C29H60O12Si. The van der Waals surface area contributed by atoms with E-state index in [4.69, 9.17) is 51.8 Å². The van der Waals surface area contributed by atoms with Gasteiger partial charge in [-0.25, -0.2) is 0 Å². The van der Waals surface area contributed by atoms with E-state index in [-0.39, 0.29) is 17.4 Å². The second kappa shape index (κ2) is 29.0. The van der Waals surface area contributed by atoms with Gasteiger partial charge in [0.05, 0.1) is 139 Å². The maximum absolute atomic E-state index is 11.1. The lowest BCUT2D eigenvalue weighted by molar-refractivity contribution is -0.144. The summed E-state index contributed by atoms with van der Waals surface area (Å²) in [5.41, 5.74) is 0. The molecule has 0 amide bonds. The summed E-state index contributed by atoms with van der Waals surface area (Å²) in [5, 5.41) is 0.216. The molecule has 12 nitrogen and oxygen atoms in total. The summed E-state index contributed by atoms with van der Waals surface area (Å²) in [7, 11) is -1.70. The molecule has 13 heteroatoms. The van der Waals surface area contributed by atoms with E-state index in [0.29, 0.717) is 132 Å². The molecule has 0 aliphatic rings. The average molecular weight is 629 g/mol. The van der Waals surface area contributed by atoms with Crippen molar-refractivity contribution in [3.8, 4) is 0 Å². The third kappa shape index (κ3) is 28.1. The summed E-state index contributed by atoms with van der Waals surface area (Å²) < 4.78 is 60.0. The van der Waals surface area contributed by atoms with E-state index in [1.807, 2.05) is 0 Å². The van der Waals surface area contributed by atoms with Gasteiger partial charge in [-0.15, -0.1) is 0 Å². The normalized spacial score (nSPS) is 12.2. The van der Waals surface area contributed by atoms with Crippen molar-refractivity contribution in [2.75, 3.05) is 132 Å². The van der Waals surface area contributed by atoms with Gasteiger partial charge in [0.2, 0.25) is 0 Å². The van der Waals surface area contributed by atoms with E-state index in [1.165, 1.54) is 0 Å². The first-order valence-electron chi connectivity index (χ1n) is 15.2. The minimum absolute atomic E-state index is 0.216. The monoisotopic (exact) mass is 628 g/mol. The van der Waals surface area contributed by atoms with Gasteiger partial charge in [0.1, 0.15) is 0 Å². The fourth-order valence-corrected chi connectivity index (χ4v) is 3.85. The van der Waals surface area contributed by atoms with E-state index < -0.39 is 8.32 Å². The third-order valence-corrected chi connectivity index (χ3v) is 10.8. The number of carbonyl (C=O) groups is 1. The second-order valence-electron chi connectivity index (χ2n) is 10.7. The second-order valence-corrected chi connectivity index (χ2v) is 15.5. The first kappa shape index (κ1) is 41.3. The molecule has 0 heterocycles. The van der Waals surface area contributed by atoms with Crippen molar-refractivity contribution in [3.63, 3.8) is 0 Å². The topological polar surface area (TPSA) is 119 Å². The zero-order valence-corrected chi connectivity index (χ0v) is 28.2. The molecule has 0 bridgehead atoms. The molecule has 0 unspecified atom stereocenters. The van der Waals surface area contributed by atoms with E-state index in [9.17, 15) is 4.79 Å². The van der Waals surface area contributed by atoms with Crippen molar-refractivity contribution >= 4 is 14.3 Å². The Bertz CT molecular complexity index is 589. The Hall–Kier alpha value is -0.713. The smallest absolute Gasteiger partial charge is 0.308 e. The number of ether oxygens (including phenoxy) is 10. The fourth-order valence-electron chi connectivity index (χ4n) is 2.82. The van der Waals surface area contributed by atoms with Crippen LogP contribution in [0.1, 0.15) is 34.1 Å². The van der Waals surface area contributed by atoms with Crippen LogP contribution in [-0.4, -0.2) is 146 Å². The number of hydrogen-bond acceptors (Lipinski definition) is 12. The van der Waals surface area contributed by atoms with Gasteiger partial charge in [0.15, 0.2) is 8.32 Å². The van der Waals surface area contributed by atoms with Gasteiger partial charge in [0, 0.05) is 0 Å². The maximum Gasteiger partial charge on any atom is 0.308 e. The predicted molar refractivity (Wildman–Crippen MR) is 162 cm³/mol. The molecule has 252 valence electrons. The minimum Gasteiger partial charge on any atom is -0.466 e. The molecule has 0 N–H and O–H groups in total. The van der Waals surface area contributed by atoms with Gasteiger partial charge in [-0.05, 0) is 25.1 Å². The largest absolute Gasteiger partial charge is 0.466 e. The van der Waals surface area contributed by atoms with Crippen LogP contribution < -0.4 is 0 Å². The lowest BCUT2D eigenvalue weighted by Gasteiger charge is -2.36. The quantitative estimate of drug-likeness (QED) is 0.0619. The molecule has 0 radical (unpaired) electrons. The van der Waals surface area contributed by atoms with Crippen molar-refractivity contribution < 1.29 is 56.6 Å². The predicted octanol–water partition coefficient (Wildman–Crippen LogP) is 3.11. The highest BCUT2D eigenvalue weighted by Crippen LogP contribution is 2.36. The van der Waals surface area contributed by atoms with Crippen LogP contribution in [0.4, 0.5) is 0 Å². The molecule has 0 saturated heterocycles. The van der Waals surface area contributed by atoms with Crippen LogP contribution in [0.15, 0.2) is 0 Å². The molecule has 0 aromatic heterocycles. The molecule has 42 heavy (non-hydrogen) atoms. The Morgan fingerprint density at radius 3 is 1.00 bits per heavy atom. The number of carbonyl (C=O) groups excluding carboxylic acids is 1. The maximum atomic E-state index is 11.1. The SMILES string of the molecule is CCOC(=O)CCOCCOCCOCCOCCOCCOCCOCCOCCOCCO[Si](C)(C)C(C)(C)C. The van der Waals surface area contributed by atoms with Crippen LogP contribution >= 0.6 is 0 Å². The summed E-state index contributed by atoms with van der Waals surface area (Å²) in [6.07, 6.45) is 0.259. The van der Waals surface area contributed by atoms with E-state index in [0.717, 1.165) is 0 Å². The van der Waals surface area contributed by atoms with Gasteiger partial charge in [-0.1, -0.05) is 20.8 Å². The molecule has 0 aromatic carbocycles. The summed E-state index contributed by atoms with van der Waals surface area (Å²) in [4.78, 5) is 11.1. The van der Waals surface area contributed by atoms with Crippen LogP contribution in [-0.2, 0) is 56.6 Å². The van der Waals surface area contributed by atoms with Crippen molar-refractivity contribution in [2.45, 2.75) is 52.2 Å². The molecular weight excluding hydrogens is 568 g/mol. The van der Waals surface area contributed by atoms with Crippen molar-refractivity contribution in [2.24, 2.45) is 0 Å². The Kier molecular flexibility index (Phi) is 28.5. The molecule has 0 aromatic rings. The highest BCUT2D eigenvalue weighted by atomic mass is 28.4. The Morgan fingerprint density at radius 2 is 0.738 bits per heavy atom. The Morgan fingerprint density at radius 1 is 0.476 bits per heavy atom. The summed E-state index contributed by atoms with van der Waals surface area (Å²) in [6.45, 7) is 23.0. The first-order valence-corrected chi connectivity index (χ1v) is 18.1. The van der Waals surface area contributed by atoms with Crippen LogP contribution in [0.3, 0.4) is 0 Å². The van der Waals surface area contributed by atoms with E-state index >= 15 is 0 Å². The fraction of sp³-hybridized carbons (Fsp3) is 0.966. The highest BCUT2D eigenvalue weighted by Gasteiger charge is 2.36. The van der Waals surface area contributed by atoms with Crippen molar-refractivity contribution in [1.29, 1.82) is 0 Å². The van der Waals surface area contributed by atoms with Crippen molar-refractivity contribution in [3.05, 3.63) is 0 Å². The minimum atomic E-state index is -1.70. The summed E-state index contributed by atoms with van der Waals surface area (Å²) in [6, 6.07) is 0. The molecule has 0 aliphatic carbocycles. The van der Waals surface area contributed by atoms with Gasteiger partial charge in [-0.3, -0.25) is 4.79 Å². The van der Waals surface area contributed by atoms with Crippen LogP contribution in [0.25, 0.3) is 0 Å². The van der Waals surface area contributed by atoms with Gasteiger partial charge in [0.25, 0.3) is 0 Å². The molecule has 0 rings (SSSR count). The number of esters is 1.